The van der Waals surface area contributed by atoms with E-state index >= 15 is 0 Å². The minimum Gasteiger partial charge on any atom is -0.494 e. The van der Waals surface area contributed by atoms with Gasteiger partial charge >= 0.3 is 0 Å². The molecule has 0 bridgehead atoms. The molecule has 2 aromatic heterocycles. The number of thioether (sulfide) groups is 1. The van der Waals surface area contributed by atoms with Crippen LogP contribution in [0.15, 0.2) is 71.2 Å². The molecule has 0 aliphatic heterocycles. The number of aromatic nitrogens is 3. The molecule has 2 aromatic carbocycles. The maximum atomic E-state index is 12.5. The maximum Gasteiger partial charge on any atom is 0.234 e. The number of ether oxygens (including phenoxy) is 1. The summed E-state index contributed by atoms with van der Waals surface area (Å²) in [4.78, 5) is 13.5. The topological polar surface area (TPSA) is 69.0 Å². The molecule has 164 valence electrons. The van der Waals surface area contributed by atoms with Crippen LogP contribution in [0.4, 0.5) is 5.69 Å². The smallest absolute Gasteiger partial charge is 0.234 e. The zero-order chi connectivity index (χ0) is 22.3. The van der Waals surface area contributed by atoms with Gasteiger partial charge in [-0.05, 0) is 66.8 Å². The van der Waals surface area contributed by atoms with Crippen LogP contribution in [0.2, 0.25) is 0 Å². The lowest BCUT2D eigenvalue weighted by Gasteiger charge is -2.11. The number of carbonyl (C=O) groups excluding carboxylic acids is 1. The summed E-state index contributed by atoms with van der Waals surface area (Å²) in [5, 5.41) is 14.4. The highest BCUT2D eigenvalue weighted by Crippen LogP contribution is 2.31. The van der Waals surface area contributed by atoms with Crippen molar-refractivity contribution in [2.24, 2.45) is 0 Å². The molecule has 0 atom stereocenters. The first-order valence-corrected chi connectivity index (χ1v) is 12.3. The molecular formula is C24H24N4O2S2. The van der Waals surface area contributed by atoms with E-state index in [4.69, 9.17) is 4.74 Å². The third kappa shape index (κ3) is 5.20. The van der Waals surface area contributed by atoms with E-state index in [1.54, 1.807) is 11.3 Å². The predicted molar refractivity (Wildman–Crippen MR) is 131 cm³/mol. The molecule has 1 amide bonds. The van der Waals surface area contributed by atoms with Crippen molar-refractivity contribution in [3.05, 3.63) is 71.6 Å². The van der Waals surface area contributed by atoms with E-state index < -0.39 is 0 Å². The molecule has 0 fully saturated rings. The summed E-state index contributed by atoms with van der Waals surface area (Å²) in [6, 6.07) is 19.7. The summed E-state index contributed by atoms with van der Waals surface area (Å²) < 4.78 is 7.55. The Kier molecular flexibility index (Phi) is 7.24. The van der Waals surface area contributed by atoms with Crippen LogP contribution in [0.1, 0.15) is 19.4 Å². The number of rotatable bonds is 9. The van der Waals surface area contributed by atoms with Crippen LogP contribution in [0.3, 0.4) is 0 Å². The molecule has 0 radical (unpaired) electrons. The Morgan fingerprint density at radius 1 is 1.06 bits per heavy atom. The number of benzene rings is 2. The highest BCUT2D eigenvalue weighted by molar-refractivity contribution is 7.99. The number of nitrogens with zero attached hydrogens (tertiary/aromatic N) is 3. The van der Waals surface area contributed by atoms with E-state index in [2.05, 4.69) is 22.4 Å². The second-order valence-electron chi connectivity index (χ2n) is 6.93. The first-order chi connectivity index (χ1) is 15.7. The van der Waals surface area contributed by atoms with Gasteiger partial charge in [-0.3, -0.25) is 9.36 Å². The standard InChI is InChI=1S/C24H24N4O2S2/c1-3-17-7-9-18(10-8-17)25-22(29)16-32-24-27-26-23(21-6-5-15-31-21)28(24)19-11-13-20(14-12-19)30-4-2/h5-15H,3-4,16H2,1-2H3,(H,25,29). The highest BCUT2D eigenvalue weighted by Gasteiger charge is 2.18. The molecule has 4 aromatic rings. The minimum atomic E-state index is -0.0850. The monoisotopic (exact) mass is 464 g/mol. The fraction of sp³-hybridized carbons (Fsp3) is 0.208. The van der Waals surface area contributed by atoms with Gasteiger partial charge in [0.15, 0.2) is 11.0 Å². The van der Waals surface area contributed by atoms with Crippen LogP contribution < -0.4 is 10.1 Å². The second kappa shape index (κ2) is 10.5. The lowest BCUT2D eigenvalue weighted by Crippen LogP contribution is -2.14. The zero-order valence-corrected chi connectivity index (χ0v) is 19.6. The average Bonchev–Trinajstić information content (AvgIpc) is 3.49. The summed E-state index contributed by atoms with van der Waals surface area (Å²) in [7, 11) is 0. The molecule has 6 nitrogen and oxygen atoms in total. The third-order valence-electron chi connectivity index (χ3n) is 4.76. The van der Waals surface area contributed by atoms with Crippen LogP contribution in [-0.2, 0) is 11.2 Å². The number of aryl methyl sites for hydroxylation is 1. The van der Waals surface area contributed by atoms with E-state index in [0.29, 0.717) is 11.8 Å². The third-order valence-corrected chi connectivity index (χ3v) is 6.55. The van der Waals surface area contributed by atoms with Gasteiger partial charge in [-0.15, -0.1) is 21.5 Å². The van der Waals surface area contributed by atoms with E-state index in [1.807, 2.05) is 77.5 Å². The Bertz CT molecular complexity index is 1150. The molecule has 2 heterocycles. The van der Waals surface area contributed by atoms with Crippen LogP contribution in [0, 0.1) is 0 Å². The van der Waals surface area contributed by atoms with E-state index in [1.165, 1.54) is 17.3 Å². The van der Waals surface area contributed by atoms with Crippen LogP contribution in [0.25, 0.3) is 16.4 Å². The van der Waals surface area contributed by atoms with Crippen LogP contribution in [0.5, 0.6) is 5.75 Å². The van der Waals surface area contributed by atoms with Gasteiger partial charge in [0.2, 0.25) is 5.91 Å². The number of thiophene rings is 1. The van der Waals surface area contributed by atoms with Gasteiger partial charge in [-0.25, -0.2) is 0 Å². The first-order valence-electron chi connectivity index (χ1n) is 10.4. The van der Waals surface area contributed by atoms with Crippen molar-refractivity contribution in [1.29, 1.82) is 0 Å². The minimum absolute atomic E-state index is 0.0850. The van der Waals surface area contributed by atoms with Crippen molar-refractivity contribution >= 4 is 34.7 Å². The zero-order valence-electron chi connectivity index (χ0n) is 17.9. The van der Waals surface area contributed by atoms with Crippen molar-refractivity contribution in [2.75, 3.05) is 17.7 Å². The van der Waals surface area contributed by atoms with Crippen molar-refractivity contribution in [3.63, 3.8) is 0 Å². The summed E-state index contributed by atoms with van der Waals surface area (Å²) in [6.07, 6.45) is 0.970. The van der Waals surface area contributed by atoms with Gasteiger partial charge in [0.1, 0.15) is 5.75 Å². The fourth-order valence-electron chi connectivity index (χ4n) is 3.17. The molecule has 4 rings (SSSR count). The van der Waals surface area contributed by atoms with Crippen molar-refractivity contribution in [3.8, 4) is 22.1 Å². The van der Waals surface area contributed by atoms with Gasteiger partial charge in [0, 0.05) is 5.69 Å². The van der Waals surface area contributed by atoms with Crippen LogP contribution >= 0.6 is 23.1 Å². The first kappa shape index (κ1) is 22.1. The van der Waals surface area contributed by atoms with E-state index in [-0.39, 0.29) is 11.7 Å². The number of hydrogen-bond donors (Lipinski definition) is 1. The largest absolute Gasteiger partial charge is 0.494 e. The Morgan fingerprint density at radius 2 is 1.84 bits per heavy atom. The van der Waals surface area contributed by atoms with Gasteiger partial charge in [0.25, 0.3) is 0 Å². The normalized spacial score (nSPS) is 10.8. The number of hydrogen-bond acceptors (Lipinski definition) is 6. The van der Waals surface area contributed by atoms with Crippen molar-refractivity contribution in [1.82, 2.24) is 14.8 Å². The molecule has 0 spiro atoms. The summed E-state index contributed by atoms with van der Waals surface area (Å²) >= 11 is 2.96. The molecule has 1 N–H and O–H groups in total. The molecule has 0 saturated heterocycles. The second-order valence-corrected chi connectivity index (χ2v) is 8.82. The van der Waals surface area contributed by atoms with Gasteiger partial charge in [-0.1, -0.05) is 36.9 Å². The maximum absolute atomic E-state index is 12.5. The van der Waals surface area contributed by atoms with E-state index in [0.717, 1.165) is 34.2 Å². The SMILES string of the molecule is CCOc1ccc(-n2c(SCC(=O)Nc3ccc(CC)cc3)nnc2-c2cccs2)cc1. The number of amides is 1. The summed E-state index contributed by atoms with van der Waals surface area (Å²) in [5.74, 6) is 1.71. The Labute approximate surface area is 195 Å². The van der Waals surface area contributed by atoms with Gasteiger partial charge in [0.05, 0.1) is 22.9 Å². The summed E-state index contributed by atoms with van der Waals surface area (Å²) in [6.45, 7) is 4.68. The average molecular weight is 465 g/mol. The van der Waals surface area contributed by atoms with Crippen molar-refractivity contribution < 1.29 is 9.53 Å². The highest BCUT2D eigenvalue weighted by atomic mass is 32.2. The van der Waals surface area contributed by atoms with Gasteiger partial charge in [-0.2, -0.15) is 0 Å². The molecular weight excluding hydrogens is 440 g/mol. The van der Waals surface area contributed by atoms with E-state index in [9.17, 15) is 4.79 Å². The van der Waals surface area contributed by atoms with Gasteiger partial charge < -0.3 is 10.1 Å². The molecule has 8 heteroatoms. The molecule has 0 aliphatic rings. The molecule has 32 heavy (non-hydrogen) atoms. The number of anilines is 1. The van der Waals surface area contributed by atoms with Crippen LogP contribution in [-0.4, -0.2) is 33.0 Å². The summed E-state index contributed by atoms with van der Waals surface area (Å²) in [5.41, 5.74) is 2.95. The fourth-order valence-corrected chi connectivity index (χ4v) is 4.62. The van der Waals surface area contributed by atoms with Crippen molar-refractivity contribution in [2.45, 2.75) is 25.4 Å². The lowest BCUT2D eigenvalue weighted by atomic mass is 10.1. The quantitative estimate of drug-likeness (QED) is 0.322. The molecule has 0 unspecified atom stereocenters. The number of carbonyl (C=O) groups is 1. The molecule has 0 aliphatic carbocycles. The lowest BCUT2D eigenvalue weighted by molar-refractivity contribution is -0.113. The Hall–Kier alpha value is -3.10. The predicted octanol–water partition coefficient (Wildman–Crippen LogP) is 5.69. The Balaban J connectivity index is 1.53. The number of nitrogens with one attached hydrogen (secondary N) is 1. The Morgan fingerprint density at radius 3 is 2.50 bits per heavy atom. The molecule has 0 saturated carbocycles.